The third-order valence-corrected chi connectivity index (χ3v) is 7.32. The van der Waals surface area contributed by atoms with Crippen molar-refractivity contribution in [1.82, 2.24) is 9.55 Å². The second-order valence-corrected chi connectivity index (χ2v) is 11.0. The summed E-state index contributed by atoms with van der Waals surface area (Å²) >= 11 is 0. The quantitative estimate of drug-likeness (QED) is 0.217. The van der Waals surface area contributed by atoms with E-state index in [1.807, 2.05) is 0 Å². The fourth-order valence-corrected chi connectivity index (χ4v) is 5.36. The van der Waals surface area contributed by atoms with Crippen LogP contribution in [0.2, 0.25) is 0 Å². The number of aromatic nitrogens is 2. The minimum absolute atomic E-state index is 0.0187. The van der Waals surface area contributed by atoms with Crippen LogP contribution in [-0.4, -0.2) is 62.4 Å². The van der Waals surface area contributed by atoms with Crippen molar-refractivity contribution in [2.24, 2.45) is 5.92 Å². The zero-order chi connectivity index (χ0) is 30.8. The largest absolute Gasteiger partial charge is 0.463 e. The molecular formula is C25H31FN3O9P. The molecule has 0 amide bonds. The van der Waals surface area contributed by atoms with Crippen LogP contribution in [0.3, 0.4) is 0 Å². The van der Waals surface area contributed by atoms with Crippen LogP contribution in [-0.2, 0) is 23.4 Å². The second-order valence-electron chi connectivity index (χ2n) is 9.01. The molecule has 14 heteroatoms. The molecule has 39 heavy (non-hydrogen) atoms. The van der Waals surface area contributed by atoms with E-state index in [-0.39, 0.29) is 5.75 Å². The first-order valence-corrected chi connectivity index (χ1v) is 13.5. The first-order valence-electron chi connectivity index (χ1n) is 12.8. The van der Waals surface area contributed by atoms with Crippen molar-refractivity contribution < 1.29 is 45.2 Å². The third-order valence-electron chi connectivity index (χ3n) is 5.45. The number of carbonyl (C=O) groups is 1. The van der Waals surface area contributed by atoms with Crippen molar-refractivity contribution in [3.8, 4) is 17.6 Å². The Hall–Kier alpha value is -3.27. The van der Waals surface area contributed by atoms with Crippen LogP contribution in [0, 0.1) is 23.6 Å². The fourth-order valence-electron chi connectivity index (χ4n) is 3.65. The van der Waals surface area contributed by atoms with Gasteiger partial charge in [0.2, 0.25) is 0 Å². The lowest BCUT2D eigenvalue weighted by Gasteiger charge is -2.26. The number of para-hydroxylation sites is 1. The summed E-state index contributed by atoms with van der Waals surface area (Å²) in [4.78, 5) is 28.2. The summed E-state index contributed by atoms with van der Waals surface area (Å²) in [7, 11) is -4.61. The Morgan fingerprint density at radius 1 is 1.38 bits per heavy atom. The molecule has 2 heterocycles. The molecular weight excluding hydrogens is 536 g/mol. The van der Waals surface area contributed by atoms with Crippen LogP contribution in [0.4, 0.5) is 10.2 Å². The molecule has 0 spiro atoms. The fraction of sp³-hybridized carbons (Fsp3) is 0.480. The number of nitrogen functional groups attached to an aromatic ring is 1. The Balaban J connectivity index is 2.01. The minimum Gasteiger partial charge on any atom is -0.463 e. The van der Waals surface area contributed by atoms with Crippen LogP contribution in [0.5, 0.6) is 5.75 Å². The van der Waals surface area contributed by atoms with Crippen LogP contribution in [0.25, 0.3) is 0 Å². The Morgan fingerprint density at radius 3 is 2.67 bits per heavy atom. The highest BCUT2D eigenvalue weighted by molar-refractivity contribution is 7.54. The van der Waals surface area contributed by atoms with E-state index in [1.165, 1.54) is 26.0 Å². The summed E-state index contributed by atoms with van der Waals surface area (Å²) in [6.07, 6.45) is -7.00. The number of carbonyl (C=O) groups excluding carboxylic acids is 1. The topological polar surface area (TPSA) is 172 Å². The normalized spacial score (nSPS) is 26.0. The molecule has 0 bridgehead atoms. The summed E-state index contributed by atoms with van der Waals surface area (Å²) in [5.74, 6) is 0.876. The monoisotopic (exact) mass is 569 g/mol. The smallest absolute Gasteiger partial charge is 0.380 e. The van der Waals surface area contributed by atoms with Crippen molar-refractivity contribution in [2.45, 2.75) is 57.8 Å². The van der Waals surface area contributed by atoms with Gasteiger partial charge in [-0.3, -0.25) is 13.9 Å². The molecule has 1 fully saturated rings. The minimum atomic E-state index is -4.61. The van der Waals surface area contributed by atoms with Crippen molar-refractivity contribution in [2.75, 3.05) is 18.5 Å². The summed E-state index contributed by atoms with van der Waals surface area (Å²) in [6.45, 7) is 2.68. The third kappa shape index (κ3) is 7.03. The summed E-state index contributed by atoms with van der Waals surface area (Å²) < 4.78 is 67.3. The van der Waals surface area contributed by atoms with E-state index in [9.17, 15) is 28.8 Å². The lowest BCUT2D eigenvalue weighted by Crippen LogP contribution is -2.48. The van der Waals surface area contributed by atoms with Crippen molar-refractivity contribution in [3.05, 3.63) is 52.8 Å². The number of esters is 1. The lowest BCUT2D eigenvalue weighted by atomic mass is 9.94. The zero-order valence-corrected chi connectivity index (χ0v) is 22.5. The lowest BCUT2D eigenvalue weighted by molar-refractivity contribution is -0.151. The number of hydrogen-bond acceptors (Lipinski definition) is 11. The number of nitrogens with zero attached hydrogens (tertiary/aromatic N) is 2. The average Bonchev–Trinajstić information content (AvgIpc) is 3.12. The summed E-state index contributed by atoms with van der Waals surface area (Å²) in [5.41, 5.74) is 1.43. The standard InChI is InChI=1S/C25H31FN3O9P/c1-5-11-25(33)20(30)19(37-23(25)29-12-18(26)21(27)28-24(29)32)13-35-39(34,38-17-9-7-6-8-10-17)14-16(4)22(31)36-15(2)3/h6-10,12,15-16,19-20,23,30,33H,13-14H2,1-4H3,(H2,27,28,32)/t16-,19-,20+,23-,25?,39+/m1/s1/i13D2. The van der Waals surface area contributed by atoms with Gasteiger partial charge in [0.15, 0.2) is 23.5 Å². The highest BCUT2D eigenvalue weighted by Gasteiger charge is 2.56. The molecule has 1 aliphatic rings. The number of aliphatic hydroxyl groups excluding tert-OH is 1. The predicted octanol–water partition coefficient (Wildman–Crippen LogP) is 1.85. The predicted molar refractivity (Wildman–Crippen MR) is 137 cm³/mol. The molecule has 12 nitrogen and oxygen atoms in total. The van der Waals surface area contributed by atoms with E-state index in [2.05, 4.69) is 16.8 Å². The van der Waals surface area contributed by atoms with Gasteiger partial charge in [0.05, 0.1) is 33.7 Å². The first kappa shape index (κ1) is 27.3. The maximum absolute atomic E-state index is 14.2. The number of aliphatic hydroxyl groups is 2. The molecule has 4 N–H and O–H groups in total. The maximum atomic E-state index is 14.2. The molecule has 1 aromatic heterocycles. The van der Waals surface area contributed by atoms with Gasteiger partial charge < -0.3 is 29.9 Å². The Bertz CT molecular complexity index is 1430. The number of benzene rings is 1. The number of hydrogen-bond donors (Lipinski definition) is 3. The molecule has 0 saturated carbocycles. The van der Waals surface area contributed by atoms with Gasteiger partial charge in [0.25, 0.3) is 0 Å². The van der Waals surface area contributed by atoms with Crippen molar-refractivity contribution in [3.63, 3.8) is 0 Å². The second kappa shape index (κ2) is 12.3. The van der Waals surface area contributed by atoms with E-state index in [0.717, 1.165) is 0 Å². The van der Waals surface area contributed by atoms with Crippen LogP contribution in [0.1, 0.15) is 36.7 Å². The molecule has 1 saturated heterocycles. The summed E-state index contributed by atoms with van der Waals surface area (Å²) in [5, 5.41) is 22.3. The Morgan fingerprint density at radius 2 is 2.05 bits per heavy atom. The number of ether oxygens (including phenoxy) is 2. The number of anilines is 1. The average molecular weight is 570 g/mol. The van der Waals surface area contributed by atoms with Gasteiger partial charge >= 0.3 is 19.3 Å². The van der Waals surface area contributed by atoms with Gasteiger partial charge in [-0.2, -0.15) is 4.98 Å². The van der Waals surface area contributed by atoms with E-state index in [1.54, 1.807) is 32.0 Å². The van der Waals surface area contributed by atoms with Gasteiger partial charge in [0.1, 0.15) is 18.0 Å². The Labute approximate surface area is 227 Å². The van der Waals surface area contributed by atoms with E-state index in [0.29, 0.717) is 10.8 Å². The highest BCUT2D eigenvalue weighted by Crippen LogP contribution is 2.51. The molecule has 212 valence electrons. The molecule has 1 aromatic carbocycles. The van der Waals surface area contributed by atoms with Crippen LogP contribution < -0.4 is 15.9 Å². The number of nitrogens with two attached hydrogens (primary N) is 1. The zero-order valence-electron chi connectivity index (χ0n) is 23.6. The van der Waals surface area contributed by atoms with Gasteiger partial charge in [-0.15, -0.1) is 5.92 Å². The maximum Gasteiger partial charge on any atom is 0.380 e. The Kier molecular flexibility index (Phi) is 8.60. The van der Waals surface area contributed by atoms with Gasteiger partial charge in [-0.05, 0) is 32.9 Å². The highest BCUT2D eigenvalue weighted by atomic mass is 31.2. The van der Waals surface area contributed by atoms with Gasteiger partial charge in [-0.1, -0.05) is 31.0 Å². The van der Waals surface area contributed by atoms with Crippen molar-refractivity contribution >= 4 is 19.4 Å². The first-order chi connectivity index (χ1) is 19.0. The molecule has 0 radical (unpaired) electrons. The summed E-state index contributed by atoms with van der Waals surface area (Å²) in [6, 6.07) is 7.60. The van der Waals surface area contributed by atoms with Crippen LogP contribution in [0.15, 0.2) is 41.3 Å². The molecule has 0 aliphatic carbocycles. The molecule has 1 aliphatic heterocycles. The van der Waals surface area contributed by atoms with Crippen LogP contribution >= 0.6 is 7.60 Å². The SMILES string of the molecule is [2H]C([2H])(O[P@@](=O)(C[C@@H](C)C(=O)OC(C)C)Oc1ccccc1)[C@H]1O[C@@H](n2cc(F)c(N)nc2=O)C(O)(C#CC)[C@H]1O. The van der Waals surface area contributed by atoms with E-state index in [4.69, 9.17) is 27.0 Å². The molecule has 6 atom stereocenters. The number of halogens is 1. The van der Waals surface area contributed by atoms with E-state index < -0.39 is 79.7 Å². The van der Waals surface area contributed by atoms with Gasteiger partial charge in [0, 0.05) is 0 Å². The number of rotatable bonds is 10. The van der Waals surface area contributed by atoms with E-state index >= 15 is 0 Å². The molecule has 2 aromatic rings. The molecule has 3 rings (SSSR count). The van der Waals surface area contributed by atoms with Crippen molar-refractivity contribution in [1.29, 1.82) is 0 Å². The molecule has 1 unspecified atom stereocenters. The van der Waals surface area contributed by atoms with Gasteiger partial charge in [-0.25, -0.2) is 13.8 Å².